The van der Waals surface area contributed by atoms with Crippen LogP contribution in [-0.4, -0.2) is 23.0 Å². The minimum absolute atomic E-state index is 0.345. The van der Waals surface area contributed by atoms with E-state index < -0.39 is 5.91 Å². The van der Waals surface area contributed by atoms with Gasteiger partial charge in [0.1, 0.15) is 10.8 Å². The summed E-state index contributed by atoms with van der Waals surface area (Å²) in [6, 6.07) is 15.5. The number of carbonyl (C=O) groups excluding carboxylic acids is 1. The van der Waals surface area contributed by atoms with Crippen molar-refractivity contribution in [3.8, 4) is 17.1 Å². The van der Waals surface area contributed by atoms with Crippen LogP contribution < -0.4 is 16.0 Å². The minimum Gasteiger partial charge on any atom is -0.493 e. The Morgan fingerprint density at radius 2 is 2.03 bits per heavy atom. The first-order valence-corrected chi connectivity index (χ1v) is 12.0. The van der Waals surface area contributed by atoms with E-state index in [1.807, 2.05) is 48.5 Å². The molecule has 0 unspecified atom stereocenters. The highest BCUT2D eigenvalue weighted by Crippen LogP contribution is 2.39. The molecule has 170 valence electrons. The second-order valence-electron chi connectivity index (χ2n) is 8.31. The quantitative estimate of drug-likeness (QED) is 0.374. The number of amides is 1. The van der Waals surface area contributed by atoms with Crippen LogP contribution in [0.25, 0.3) is 33.4 Å². The molecular weight excluding hydrogens is 448 g/mol. The molecule has 3 heterocycles. The van der Waals surface area contributed by atoms with Gasteiger partial charge in [0.05, 0.1) is 29.3 Å². The minimum atomic E-state index is -0.457. The summed E-state index contributed by atoms with van der Waals surface area (Å²) in [5, 5.41) is 1.43. The summed E-state index contributed by atoms with van der Waals surface area (Å²) < 4.78 is 11.9. The summed E-state index contributed by atoms with van der Waals surface area (Å²) in [6.07, 6.45) is 3.94. The molecular formula is C26H22N4O3S. The average Bonchev–Trinajstić information content (AvgIpc) is 3.44. The van der Waals surface area contributed by atoms with Gasteiger partial charge in [0.2, 0.25) is 5.55 Å². The summed E-state index contributed by atoms with van der Waals surface area (Å²) in [6.45, 7) is 0. The molecule has 3 aromatic heterocycles. The first kappa shape index (κ1) is 20.7. The number of aryl methyl sites for hydroxylation is 1. The zero-order chi connectivity index (χ0) is 23.2. The second-order valence-corrected chi connectivity index (χ2v) is 9.40. The van der Waals surface area contributed by atoms with Crippen LogP contribution in [0.15, 0.2) is 57.9 Å². The normalized spacial score (nSPS) is 14.0. The predicted molar refractivity (Wildman–Crippen MR) is 133 cm³/mol. The van der Waals surface area contributed by atoms with Crippen molar-refractivity contribution in [1.82, 2.24) is 9.97 Å². The van der Waals surface area contributed by atoms with Crippen LogP contribution in [0.2, 0.25) is 0 Å². The van der Waals surface area contributed by atoms with E-state index in [1.165, 1.54) is 16.2 Å². The van der Waals surface area contributed by atoms with E-state index in [4.69, 9.17) is 24.9 Å². The number of nitrogens with one attached hydrogen (secondary N) is 1. The Labute approximate surface area is 198 Å². The lowest BCUT2D eigenvalue weighted by Gasteiger charge is -2.10. The van der Waals surface area contributed by atoms with Crippen molar-refractivity contribution >= 4 is 44.2 Å². The maximum Gasteiger partial charge on any atom is 0.252 e. The fourth-order valence-corrected chi connectivity index (χ4v) is 5.86. The van der Waals surface area contributed by atoms with Crippen molar-refractivity contribution in [2.45, 2.75) is 25.7 Å². The maximum absolute atomic E-state index is 12.4. The van der Waals surface area contributed by atoms with E-state index in [2.05, 4.69) is 4.98 Å². The number of carbonyl (C=O) groups is 1. The van der Waals surface area contributed by atoms with Gasteiger partial charge in [-0.25, -0.2) is 9.98 Å². The highest BCUT2D eigenvalue weighted by Gasteiger charge is 2.24. The number of imidazole rings is 1. The van der Waals surface area contributed by atoms with E-state index in [9.17, 15) is 4.79 Å². The van der Waals surface area contributed by atoms with Crippen LogP contribution >= 0.6 is 11.3 Å². The Balaban J connectivity index is 1.66. The molecule has 0 bridgehead atoms. The van der Waals surface area contributed by atoms with Crippen LogP contribution in [-0.2, 0) is 12.8 Å². The molecule has 0 radical (unpaired) electrons. The van der Waals surface area contributed by atoms with Crippen molar-refractivity contribution in [2.75, 3.05) is 7.11 Å². The highest BCUT2D eigenvalue weighted by atomic mass is 32.1. The van der Waals surface area contributed by atoms with Gasteiger partial charge in [-0.15, -0.1) is 11.3 Å². The number of rotatable bonds is 4. The van der Waals surface area contributed by atoms with E-state index in [-0.39, 0.29) is 0 Å². The molecule has 34 heavy (non-hydrogen) atoms. The third-order valence-corrected chi connectivity index (χ3v) is 7.39. The smallest absolute Gasteiger partial charge is 0.252 e. The average molecular weight is 471 g/mol. The molecule has 0 saturated heterocycles. The first-order chi connectivity index (χ1) is 16.6. The molecule has 1 amide bonds. The van der Waals surface area contributed by atoms with Crippen LogP contribution in [0.3, 0.4) is 0 Å². The Morgan fingerprint density at radius 3 is 2.85 bits per heavy atom. The summed E-state index contributed by atoms with van der Waals surface area (Å²) >= 11 is 1.52. The summed E-state index contributed by atoms with van der Waals surface area (Å²) in [4.78, 5) is 26.6. The maximum atomic E-state index is 12.4. The lowest BCUT2D eigenvalue weighted by molar-refractivity contribution is 0.1000. The number of H-pyrrole nitrogens is 1. The highest BCUT2D eigenvalue weighted by molar-refractivity contribution is 7.16. The van der Waals surface area contributed by atoms with Gasteiger partial charge in [-0.2, -0.15) is 0 Å². The number of ether oxygens (including phenoxy) is 1. The zero-order valence-electron chi connectivity index (χ0n) is 18.6. The van der Waals surface area contributed by atoms with E-state index in [0.29, 0.717) is 38.8 Å². The van der Waals surface area contributed by atoms with Crippen molar-refractivity contribution in [2.24, 2.45) is 10.7 Å². The van der Waals surface area contributed by atoms with Crippen molar-refractivity contribution in [1.29, 1.82) is 0 Å². The van der Waals surface area contributed by atoms with Gasteiger partial charge in [-0.1, -0.05) is 24.3 Å². The molecule has 8 heteroatoms. The largest absolute Gasteiger partial charge is 0.493 e. The first-order valence-electron chi connectivity index (χ1n) is 11.2. The molecule has 5 aromatic rings. The number of aromatic nitrogens is 2. The number of hydrogen-bond donors (Lipinski definition) is 2. The molecule has 3 N–H and O–H groups in total. The fourth-order valence-electron chi connectivity index (χ4n) is 4.59. The molecule has 1 aliphatic carbocycles. The number of aromatic amines is 1. The van der Waals surface area contributed by atoms with E-state index >= 15 is 0 Å². The molecule has 0 spiro atoms. The number of methoxy groups -OCH3 is 1. The number of nitrogens with zero attached hydrogens (tertiary/aromatic N) is 2. The molecule has 1 aliphatic rings. The lowest BCUT2D eigenvalue weighted by Crippen LogP contribution is -2.15. The topological polar surface area (TPSA) is 106 Å². The van der Waals surface area contributed by atoms with Crippen LogP contribution in [0, 0.1) is 0 Å². The number of para-hydroxylation sites is 3. The van der Waals surface area contributed by atoms with Gasteiger partial charge in [0, 0.05) is 10.3 Å². The molecule has 0 aliphatic heterocycles. The van der Waals surface area contributed by atoms with Gasteiger partial charge < -0.3 is 19.9 Å². The molecule has 7 nitrogen and oxygen atoms in total. The third kappa shape index (κ3) is 3.38. The standard InChI is InChI=1S/C26H22N4O3S/c1-32-19-11-6-7-14-13-16(24-28-17-9-3-4-10-18(17)29-24)25(33-22(14)19)30-26-21(23(27)31)15-8-2-5-12-20(15)34-26/h3-4,6-7,9-11,13H,2,5,8,12H2,1H3,(H2,27,31)(H,28,29)/b30-25-. The molecule has 2 aromatic carbocycles. The number of thiophene rings is 1. The summed E-state index contributed by atoms with van der Waals surface area (Å²) in [7, 11) is 1.60. The molecule has 0 fully saturated rings. The fraction of sp³-hybridized carbons (Fsp3) is 0.192. The zero-order valence-corrected chi connectivity index (χ0v) is 19.4. The van der Waals surface area contributed by atoms with Gasteiger partial charge in [-0.05, 0) is 55.5 Å². The SMILES string of the molecule is COc1cccc2cc(-c3nc4ccccc4[nH]3)/c(=N/c3sc4c(c3C(N)=O)CCCC4)oc12. The second kappa shape index (κ2) is 8.14. The van der Waals surface area contributed by atoms with Crippen molar-refractivity contribution < 1.29 is 13.9 Å². The Bertz CT molecular complexity index is 1610. The van der Waals surface area contributed by atoms with Gasteiger partial charge in [0.15, 0.2) is 11.3 Å². The van der Waals surface area contributed by atoms with E-state index in [0.717, 1.165) is 47.7 Å². The van der Waals surface area contributed by atoms with E-state index in [1.54, 1.807) is 7.11 Å². The van der Waals surface area contributed by atoms with Gasteiger partial charge >= 0.3 is 0 Å². The Kier molecular flexibility index (Phi) is 4.95. The Hall–Kier alpha value is -3.91. The van der Waals surface area contributed by atoms with Gasteiger partial charge in [-0.3, -0.25) is 4.79 Å². The molecule has 0 atom stereocenters. The van der Waals surface area contributed by atoms with Crippen LogP contribution in [0.1, 0.15) is 33.6 Å². The third-order valence-electron chi connectivity index (χ3n) is 6.20. The van der Waals surface area contributed by atoms with Gasteiger partial charge in [0.25, 0.3) is 5.91 Å². The number of hydrogen-bond acceptors (Lipinski definition) is 6. The number of nitrogens with two attached hydrogens (primary N) is 1. The Morgan fingerprint density at radius 1 is 1.18 bits per heavy atom. The number of benzene rings is 2. The van der Waals surface area contributed by atoms with Crippen molar-refractivity contribution in [3.63, 3.8) is 0 Å². The monoisotopic (exact) mass is 470 g/mol. The lowest BCUT2D eigenvalue weighted by atomic mass is 9.95. The predicted octanol–water partition coefficient (Wildman–Crippen LogP) is 5.26. The summed E-state index contributed by atoms with van der Waals surface area (Å²) in [5.41, 5.74) is 10.7. The van der Waals surface area contributed by atoms with Crippen LogP contribution in [0.4, 0.5) is 5.00 Å². The number of primary amides is 1. The molecule has 6 rings (SSSR count). The number of fused-ring (bicyclic) bond motifs is 3. The summed E-state index contributed by atoms with van der Waals surface area (Å²) in [5.74, 6) is 0.780. The van der Waals surface area contributed by atoms with Crippen LogP contribution in [0.5, 0.6) is 5.75 Å². The molecule has 0 saturated carbocycles. The van der Waals surface area contributed by atoms with Crippen molar-refractivity contribution in [3.05, 3.63) is 70.1 Å².